The summed E-state index contributed by atoms with van der Waals surface area (Å²) in [5.74, 6) is 0.856. The van der Waals surface area contributed by atoms with Gasteiger partial charge in [0.25, 0.3) is 0 Å². The van der Waals surface area contributed by atoms with Crippen molar-refractivity contribution in [3.05, 3.63) is 35.9 Å². The maximum atomic E-state index is 11.7. The minimum atomic E-state index is -0.543. The van der Waals surface area contributed by atoms with Crippen molar-refractivity contribution in [2.45, 2.75) is 27.7 Å². The second-order valence-electron chi connectivity index (χ2n) is 5.76. The van der Waals surface area contributed by atoms with E-state index in [0.29, 0.717) is 12.4 Å². The summed E-state index contributed by atoms with van der Waals surface area (Å²) in [6, 6.07) is 9.74. The molecule has 0 fully saturated rings. The summed E-state index contributed by atoms with van der Waals surface area (Å²) in [4.78, 5) is 13.9. The molecule has 1 rings (SSSR count). The van der Waals surface area contributed by atoms with Gasteiger partial charge in [-0.15, -0.1) is 0 Å². The van der Waals surface area contributed by atoms with Gasteiger partial charge in [0.1, 0.15) is 4.32 Å². The monoisotopic (exact) mass is 381 g/mol. The molecule has 0 atom stereocenters. The third-order valence-electron chi connectivity index (χ3n) is 3.29. The molecular formula is C18H27N3O2S2. The van der Waals surface area contributed by atoms with Crippen LogP contribution in [0.1, 0.15) is 33.3 Å². The SMILES string of the molecule is CCN(CC)C(=S)SC/C(=N/NC(=O)OCC(C)C)c1ccccc1. The van der Waals surface area contributed by atoms with Crippen molar-refractivity contribution in [3.63, 3.8) is 0 Å². The van der Waals surface area contributed by atoms with Gasteiger partial charge in [0, 0.05) is 18.8 Å². The molecule has 1 aromatic carbocycles. The van der Waals surface area contributed by atoms with E-state index in [0.717, 1.165) is 28.7 Å². The number of thioether (sulfide) groups is 1. The standard InChI is InChI=1S/C18H27N3O2S2/c1-5-21(6-2)18(24)25-13-16(15-10-8-7-9-11-15)19-20-17(22)23-12-14(3)4/h7-11,14H,5-6,12-13H2,1-4H3,(H,20,22)/b19-16-. The average molecular weight is 382 g/mol. The number of benzene rings is 1. The lowest BCUT2D eigenvalue weighted by Crippen LogP contribution is -2.28. The van der Waals surface area contributed by atoms with E-state index in [1.54, 1.807) is 11.8 Å². The Morgan fingerprint density at radius 2 is 1.92 bits per heavy atom. The zero-order valence-electron chi connectivity index (χ0n) is 15.3. The molecule has 0 heterocycles. The number of nitrogens with one attached hydrogen (secondary N) is 1. The zero-order valence-corrected chi connectivity index (χ0v) is 17.0. The molecule has 25 heavy (non-hydrogen) atoms. The van der Waals surface area contributed by atoms with Crippen molar-refractivity contribution in [2.24, 2.45) is 11.0 Å². The first kappa shape index (κ1) is 21.4. The Morgan fingerprint density at radius 1 is 1.28 bits per heavy atom. The van der Waals surface area contributed by atoms with Gasteiger partial charge in [-0.25, -0.2) is 10.2 Å². The van der Waals surface area contributed by atoms with Gasteiger partial charge in [-0.1, -0.05) is 68.2 Å². The Bertz CT molecular complexity index is 573. The number of thiocarbonyl (C=S) groups is 1. The predicted molar refractivity (Wildman–Crippen MR) is 110 cm³/mol. The minimum Gasteiger partial charge on any atom is -0.448 e. The lowest BCUT2D eigenvalue weighted by molar-refractivity contribution is 0.133. The number of amides is 1. The molecule has 0 aliphatic carbocycles. The van der Waals surface area contributed by atoms with E-state index in [1.165, 1.54) is 0 Å². The van der Waals surface area contributed by atoms with E-state index in [-0.39, 0.29) is 5.92 Å². The second kappa shape index (κ2) is 11.9. The van der Waals surface area contributed by atoms with Crippen LogP contribution in [0.3, 0.4) is 0 Å². The van der Waals surface area contributed by atoms with Gasteiger partial charge in [-0.2, -0.15) is 5.10 Å². The molecular weight excluding hydrogens is 354 g/mol. The highest BCUT2D eigenvalue weighted by molar-refractivity contribution is 8.23. The highest BCUT2D eigenvalue weighted by Crippen LogP contribution is 2.13. The number of hydrogen-bond acceptors (Lipinski definition) is 5. The normalized spacial score (nSPS) is 11.3. The number of carbonyl (C=O) groups excluding carboxylic acids is 1. The molecule has 5 nitrogen and oxygen atoms in total. The lowest BCUT2D eigenvalue weighted by Gasteiger charge is -2.21. The van der Waals surface area contributed by atoms with Crippen LogP contribution < -0.4 is 5.43 Å². The van der Waals surface area contributed by atoms with Gasteiger partial charge >= 0.3 is 6.09 Å². The molecule has 138 valence electrons. The van der Waals surface area contributed by atoms with Crippen molar-refractivity contribution in [1.29, 1.82) is 0 Å². The molecule has 0 aromatic heterocycles. The van der Waals surface area contributed by atoms with E-state index in [9.17, 15) is 4.79 Å². The number of nitrogens with zero attached hydrogens (tertiary/aromatic N) is 2. The third kappa shape index (κ3) is 8.36. The maximum Gasteiger partial charge on any atom is 0.427 e. The summed E-state index contributed by atoms with van der Waals surface area (Å²) in [5, 5.41) is 4.25. The topological polar surface area (TPSA) is 53.9 Å². The van der Waals surface area contributed by atoms with Crippen molar-refractivity contribution < 1.29 is 9.53 Å². The Hall–Kier alpha value is -1.60. The number of rotatable bonds is 8. The van der Waals surface area contributed by atoms with Gasteiger partial charge < -0.3 is 9.64 Å². The second-order valence-corrected chi connectivity index (χ2v) is 7.36. The van der Waals surface area contributed by atoms with Crippen LogP contribution in [0.15, 0.2) is 35.4 Å². The Morgan fingerprint density at radius 3 is 2.48 bits per heavy atom. The summed E-state index contributed by atoms with van der Waals surface area (Å²) >= 11 is 7.01. The smallest absolute Gasteiger partial charge is 0.427 e. The van der Waals surface area contributed by atoms with Crippen LogP contribution in [-0.4, -0.2) is 46.5 Å². The van der Waals surface area contributed by atoms with Crippen molar-refractivity contribution >= 4 is 40.1 Å². The lowest BCUT2D eigenvalue weighted by atomic mass is 10.1. The van der Waals surface area contributed by atoms with Gasteiger partial charge in [-0.3, -0.25) is 0 Å². The average Bonchev–Trinajstić information content (AvgIpc) is 2.61. The minimum absolute atomic E-state index is 0.283. The van der Waals surface area contributed by atoms with Crippen LogP contribution in [0, 0.1) is 5.92 Å². The number of hydrogen-bond donors (Lipinski definition) is 1. The number of ether oxygens (including phenoxy) is 1. The summed E-state index contributed by atoms with van der Waals surface area (Å²) in [7, 11) is 0. The van der Waals surface area contributed by atoms with Crippen LogP contribution in [0.2, 0.25) is 0 Å². The van der Waals surface area contributed by atoms with E-state index < -0.39 is 6.09 Å². The molecule has 0 spiro atoms. The first-order valence-corrected chi connectivity index (χ1v) is 9.83. The van der Waals surface area contributed by atoms with E-state index in [4.69, 9.17) is 17.0 Å². The largest absolute Gasteiger partial charge is 0.448 e. The first-order chi connectivity index (χ1) is 12.0. The van der Waals surface area contributed by atoms with Crippen LogP contribution >= 0.6 is 24.0 Å². The van der Waals surface area contributed by atoms with Crippen LogP contribution in [0.4, 0.5) is 4.79 Å². The van der Waals surface area contributed by atoms with Gasteiger partial charge in [0.15, 0.2) is 0 Å². The van der Waals surface area contributed by atoms with E-state index in [1.807, 2.05) is 44.2 Å². The Balaban J connectivity index is 2.75. The van der Waals surface area contributed by atoms with Crippen LogP contribution in [-0.2, 0) is 4.74 Å². The molecule has 0 aliphatic heterocycles. The molecule has 0 unspecified atom stereocenters. The van der Waals surface area contributed by atoms with Crippen molar-refractivity contribution in [1.82, 2.24) is 10.3 Å². The molecule has 0 bridgehead atoms. The third-order valence-corrected chi connectivity index (χ3v) is 4.83. The molecule has 1 N–H and O–H groups in total. The van der Waals surface area contributed by atoms with E-state index in [2.05, 4.69) is 29.3 Å². The van der Waals surface area contributed by atoms with Crippen molar-refractivity contribution in [3.8, 4) is 0 Å². The fraction of sp³-hybridized carbons (Fsp3) is 0.500. The molecule has 1 aromatic rings. The van der Waals surface area contributed by atoms with Crippen LogP contribution in [0.5, 0.6) is 0 Å². The fourth-order valence-corrected chi connectivity index (χ4v) is 3.27. The van der Waals surface area contributed by atoms with Gasteiger partial charge in [0.2, 0.25) is 0 Å². The Labute approximate surface area is 160 Å². The Kier molecular flexibility index (Phi) is 10.2. The highest BCUT2D eigenvalue weighted by Gasteiger charge is 2.11. The quantitative estimate of drug-likeness (QED) is 0.417. The van der Waals surface area contributed by atoms with Gasteiger partial charge in [-0.05, 0) is 25.3 Å². The molecule has 7 heteroatoms. The molecule has 0 saturated carbocycles. The fourth-order valence-electron chi connectivity index (χ4n) is 1.90. The first-order valence-electron chi connectivity index (χ1n) is 8.44. The summed E-state index contributed by atoms with van der Waals surface area (Å²) in [5.41, 5.74) is 4.17. The number of carbonyl (C=O) groups is 1. The maximum absolute atomic E-state index is 11.7. The zero-order chi connectivity index (χ0) is 18.7. The molecule has 1 amide bonds. The highest BCUT2D eigenvalue weighted by atomic mass is 32.2. The molecule has 0 saturated heterocycles. The summed E-state index contributed by atoms with van der Waals surface area (Å²) in [6.45, 7) is 10.2. The summed E-state index contributed by atoms with van der Waals surface area (Å²) in [6.07, 6.45) is -0.543. The number of hydrazone groups is 1. The molecule has 0 radical (unpaired) electrons. The summed E-state index contributed by atoms with van der Waals surface area (Å²) < 4.78 is 5.92. The predicted octanol–water partition coefficient (Wildman–Crippen LogP) is 4.13. The van der Waals surface area contributed by atoms with Crippen LogP contribution in [0.25, 0.3) is 0 Å². The van der Waals surface area contributed by atoms with Crippen molar-refractivity contribution in [2.75, 3.05) is 25.4 Å². The molecule has 0 aliphatic rings. The van der Waals surface area contributed by atoms with E-state index >= 15 is 0 Å². The van der Waals surface area contributed by atoms with Gasteiger partial charge in [0.05, 0.1) is 12.3 Å².